The van der Waals surface area contributed by atoms with Crippen molar-refractivity contribution in [2.24, 2.45) is 5.92 Å². The molecule has 1 amide bonds. The van der Waals surface area contributed by atoms with Crippen LogP contribution >= 0.6 is 0 Å². The number of carbonyl (C=O) groups is 1. The zero-order chi connectivity index (χ0) is 17.2. The molecule has 1 aromatic carbocycles. The molecule has 2 fully saturated rings. The highest BCUT2D eigenvalue weighted by Crippen LogP contribution is 2.44. The molecular formula is C22H22N2O. The van der Waals surface area contributed by atoms with Crippen molar-refractivity contribution in [2.45, 2.75) is 37.6 Å². The van der Waals surface area contributed by atoms with Gasteiger partial charge in [-0.25, -0.2) is 0 Å². The first-order valence-corrected chi connectivity index (χ1v) is 9.04. The second-order valence-electron chi connectivity index (χ2n) is 7.03. The highest BCUT2D eigenvalue weighted by Gasteiger charge is 2.48. The van der Waals surface area contributed by atoms with Gasteiger partial charge in [-0.1, -0.05) is 42.9 Å². The van der Waals surface area contributed by atoms with E-state index in [-0.39, 0.29) is 11.8 Å². The fourth-order valence-electron chi connectivity index (χ4n) is 4.25. The number of carbonyl (C=O) groups excluding carboxylic acids is 1. The molecule has 4 rings (SSSR count). The van der Waals surface area contributed by atoms with E-state index in [9.17, 15) is 4.79 Å². The quantitative estimate of drug-likeness (QED) is 0.749. The topological polar surface area (TPSA) is 33.2 Å². The average Bonchev–Trinajstić information content (AvgIpc) is 2.92. The van der Waals surface area contributed by atoms with Gasteiger partial charge < -0.3 is 4.90 Å². The van der Waals surface area contributed by atoms with Crippen molar-refractivity contribution >= 4 is 5.91 Å². The van der Waals surface area contributed by atoms with Gasteiger partial charge in [-0.05, 0) is 43.0 Å². The Bertz CT molecular complexity index is 817. The first-order chi connectivity index (χ1) is 12.2. The van der Waals surface area contributed by atoms with E-state index in [0.29, 0.717) is 12.0 Å². The Hall–Kier alpha value is -2.60. The third-order valence-electron chi connectivity index (χ3n) is 5.55. The third-order valence-corrected chi connectivity index (χ3v) is 5.55. The van der Waals surface area contributed by atoms with Gasteiger partial charge in [0.1, 0.15) is 0 Å². The number of amides is 1. The van der Waals surface area contributed by atoms with Crippen LogP contribution in [0.2, 0.25) is 0 Å². The van der Waals surface area contributed by atoms with Crippen LogP contribution in [0.4, 0.5) is 0 Å². The molecular weight excluding hydrogens is 308 g/mol. The molecule has 3 atom stereocenters. The largest absolute Gasteiger partial charge is 0.342 e. The van der Waals surface area contributed by atoms with Crippen molar-refractivity contribution in [3.05, 3.63) is 65.5 Å². The molecule has 0 bridgehead atoms. The van der Waals surface area contributed by atoms with Crippen LogP contribution in [0.25, 0.3) is 0 Å². The highest BCUT2D eigenvalue weighted by atomic mass is 16.2. The molecule has 0 N–H and O–H groups in total. The minimum Gasteiger partial charge on any atom is -0.342 e. The van der Waals surface area contributed by atoms with Crippen molar-refractivity contribution in [3.8, 4) is 11.8 Å². The Kier molecular flexibility index (Phi) is 4.28. The van der Waals surface area contributed by atoms with Crippen LogP contribution in [0.5, 0.6) is 0 Å². The third kappa shape index (κ3) is 3.05. The van der Waals surface area contributed by atoms with Crippen LogP contribution in [0.1, 0.15) is 48.4 Å². The zero-order valence-corrected chi connectivity index (χ0v) is 14.5. The predicted octanol–water partition coefficient (Wildman–Crippen LogP) is 3.60. The van der Waals surface area contributed by atoms with E-state index in [1.807, 2.05) is 54.4 Å². The summed E-state index contributed by atoms with van der Waals surface area (Å²) in [4.78, 5) is 19.3. The summed E-state index contributed by atoms with van der Waals surface area (Å²) in [6.07, 6.45) is 6.51. The van der Waals surface area contributed by atoms with Gasteiger partial charge in [0.15, 0.2) is 0 Å². The van der Waals surface area contributed by atoms with Crippen LogP contribution in [-0.2, 0) is 4.79 Å². The number of nitrogens with zero attached hydrogens (tertiary/aromatic N) is 2. The van der Waals surface area contributed by atoms with Gasteiger partial charge in [-0.2, -0.15) is 0 Å². The molecule has 1 saturated heterocycles. The summed E-state index contributed by atoms with van der Waals surface area (Å²) in [7, 11) is 1.95. The Balaban J connectivity index is 1.56. The van der Waals surface area contributed by atoms with Crippen molar-refractivity contribution in [1.29, 1.82) is 0 Å². The van der Waals surface area contributed by atoms with Crippen LogP contribution in [0.15, 0.2) is 48.7 Å². The number of likely N-dealkylation sites (tertiary alicyclic amines) is 1. The first kappa shape index (κ1) is 15.9. The maximum absolute atomic E-state index is 12.7. The molecule has 2 heterocycles. The SMILES string of the molecule is CN1C(=O)[C@@H](c2ccc(C#Cc3ccccc3)cn2)C2CCCCC21. The molecule has 2 unspecified atom stereocenters. The van der Waals surface area contributed by atoms with E-state index >= 15 is 0 Å². The van der Waals surface area contributed by atoms with Crippen LogP contribution < -0.4 is 0 Å². The number of benzene rings is 1. The molecule has 25 heavy (non-hydrogen) atoms. The lowest BCUT2D eigenvalue weighted by molar-refractivity contribution is -0.128. The number of aromatic nitrogens is 1. The molecule has 1 aliphatic heterocycles. The van der Waals surface area contributed by atoms with E-state index in [1.165, 1.54) is 12.8 Å². The number of hydrogen-bond acceptors (Lipinski definition) is 2. The van der Waals surface area contributed by atoms with Gasteiger partial charge in [0.25, 0.3) is 0 Å². The standard InChI is InChI=1S/C22H22N2O/c1-24-20-10-6-5-9-18(20)21(22(24)25)19-14-13-17(15-23-19)12-11-16-7-3-2-4-8-16/h2-4,7-8,13-15,18,20-21H,5-6,9-10H2,1H3/t18?,20?,21-/m1/s1. The number of likely N-dealkylation sites (N-methyl/N-ethyl adjacent to an activating group) is 1. The molecule has 2 aromatic rings. The normalized spacial score (nSPS) is 25.2. The maximum Gasteiger partial charge on any atom is 0.232 e. The van der Waals surface area contributed by atoms with Crippen molar-refractivity contribution < 1.29 is 4.79 Å². The molecule has 0 spiro atoms. The number of hydrogen-bond donors (Lipinski definition) is 0. The van der Waals surface area contributed by atoms with Gasteiger partial charge in [0.2, 0.25) is 5.91 Å². The lowest BCUT2D eigenvalue weighted by Gasteiger charge is -2.29. The van der Waals surface area contributed by atoms with E-state index in [2.05, 4.69) is 16.8 Å². The summed E-state index contributed by atoms with van der Waals surface area (Å²) in [5.41, 5.74) is 2.77. The fraction of sp³-hybridized carbons (Fsp3) is 0.364. The molecule has 0 radical (unpaired) electrons. The Morgan fingerprint density at radius 3 is 2.52 bits per heavy atom. The minimum absolute atomic E-state index is 0.0774. The number of rotatable bonds is 1. The molecule has 1 aromatic heterocycles. The van der Waals surface area contributed by atoms with Gasteiger partial charge in [-0.3, -0.25) is 9.78 Å². The van der Waals surface area contributed by atoms with E-state index in [1.54, 1.807) is 6.20 Å². The molecule has 1 aliphatic carbocycles. The van der Waals surface area contributed by atoms with E-state index < -0.39 is 0 Å². The minimum atomic E-state index is -0.0774. The predicted molar refractivity (Wildman–Crippen MR) is 97.9 cm³/mol. The molecule has 3 nitrogen and oxygen atoms in total. The van der Waals surface area contributed by atoms with Gasteiger partial charge in [0, 0.05) is 30.4 Å². The van der Waals surface area contributed by atoms with Crippen molar-refractivity contribution in [1.82, 2.24) is 9.88 Å². The van der Waals surface area contributed by atoms with E-state index in [4.69, 9.17) is 0 Å². The molecule has 3 heteroatoms. The van der Waals surface area contributed by atoms with Crippen LogP contribution in [-0.4, -0.2) is 28.9 Å². The van der Waals surface area contributed by atoms with Crippen molar-refractivity contribution in [3.63, 3.8) is 0 Å². The average molecular weight is 330 g/mol. The van der Waals surface area contributed by atoms with Gasteiger partial charge in [-0.15, -0.1) is 0 Å². The summed E-state index contributed by atoms with van der Waals surface area (Å²) in [5, 5.41) is 0. The van der Waals surface area contributed by atoms with Crippen LogP contribution in [0, 0.1) is 17.8 Å². The molecule has 126 valence electrons. The number of pyridine rings is 1. The summed E-state index contributed by atoms with van der Waals surface area (Å²) in [6, 6.07) is 14.3. The van der Waals surface area contributed by atoms with Gasteiger partial charge >= 0.3 is 0 Å². The summed E-state index contributed by atoms with van der Waals surface area (Å²) in [5.74, 6) is 6.86. The Labute approximate surface area is 149 Å². The summed E-state index contributed by atoms with van der Waals surface area (Å²) >= 11 is 0. The van der Waals surface area contributed by atoms with Crippen LogP contribution in [0.3, 0.4) is 0 Å². The second kappa shape index (κ2) is 6.72. The molecule has 1 saturated carbocycles. The Morgan fingerprint density at radius 1 is 1.00 bits per heavy atom. The maximum atomic E-state index is 12.7. The van der Waals surface area contributed by atoms with E-state index in [0.717, 1.165) is 29.7 Å². The lowest BCUT2D eigenvalue weighted by atomic mass is 9.78. The molecule has 2 aliphatic rings. The second-order valence-corrected chi connectivity index (χ2v) is 7.03. The fourth-order valence-corrected chi connectivity index (χ4v) is 4.25. The highest BCUT2D eigenvalue weighted by molar-refractivity contribution is 5.86. The van der Waals surface area contributed by atoms with Crippen molar-refractivity contribution in [2.75, 3.05) is 7.05 Å². The smallest absolute Gasteiger partial charge is 0.232 e. The zero-order valence-electron chi connectivity index (χ0n) is 14.5. The van der Waals surface area contributed by atoms with Gasteiger partial charge in [0.05, 0.1) is 11.6 Å². The summed E-state index contributed by atoms with van der Waals surface area (Å²) < 4.78 is 0. The Morgan fingerprint density at radius 2 is 1.76 bits per heavy atom. The number of fused-ring (bicyclic) bond motifs is 1. The first-order valence-electron chi connectivity index (χ1n) is 9.04. The lowest BCUT2D eigenvalue weighted by Crippen LogP contribution is -2.33. The summed E-state index contributed by atoms with van der Waals surface area (Å²) in [6.45, 7) is 0. The monoisotopic (exact) mass is 330 g/mol.